The summed E-state index contributed by atoms with van der Waals surface area (Å²) >= 11 is 5.85. The van der Waals surface area contributed by atoms with Crippen LogP contribution in [0.2, 0.25) is 5.02 Å². The molecule has 2 rings (SSSR count). The molecule has 2 aromatic rings. The lowest BCUT2D eigenvalue weighted by Crippen LogP contribution is -1.94. The summed E-state index contributed by atoms with van der Waals surface area (Å²) in [7, 11) is 0. The molecule has 1 heterocycles. The zero-order valence-corrected chi connectivity index (χ0v) is 7.84. The molecule has 4 heteroatoms. The first-order chi connectivity index (χ1) is 6.18. The van der Waals surface area contributed by atoms with Gasteiger partial charge in [-0.05, 0) is 19.1 Å². The van der Waals surface area contributed by atoms with Crippen molar-refractivity contribution in [2.45, 2.75) is 6.92 Å². The van der Waals surface area contributed by atoms with Crippen LogP contribution in [0.3, 0.4) is 0 Å². The van der Waals surface area contributed by atoms with Crippen molar-refractivity contribution in [1.29, 1.82) is 0 Å². The van der Waals surface area contributed by atoms with E-state index >= 15 is 0 Å². The number of halogens is 1. The van der Waals surface area contributed by atoms with Gasteiger partial charge in [-0.15, -0.1) is 0 Å². The third kappa shape index (κ3) is 1.31. The lowest BCUT2D eigenvalue weighted by Gasteiger charge is -2.02. The Balaban J connectivity index is 2.89. The maximum Gasteiger partial charge on any atom is 0.113 e. The predicted octanol–water partition coefficient (Wildman–Crippen LogP) is 2.17. The highest BCUT2D eigenvalue weighted by Gasteiger charge is 2.04. The van der Waals surface area contributed by atoms with E-state index in [1.807, 2.05) is 6.92 Å². The van der Waals surface area contributed by atoms with Crippen LogP contribution in [0.1, 0.15) is 5.69 Å². The Morgan fingerprint density at radius 1 is 1.38 bits per heavy atom. The molecule has 0 amide bonds. The van der Waals surface area contributed by atoms with Crippen molar-refractivity contribution in [2.24, 2.45) is 0 Å². The predicted molar refractivity (Wildman–Crippen MR) is 53.7 cm³/mol. The normalized spacial score (nSPS) is 10.6. The van der Waals surface area contributed by atoms with Gasteiger partial charge in [0.25, 0.3) is 0 Å². The Morgan fingerprint density at radius 2 is 2.15 bits per heavy atom. The van der Waals surface area contributed by atoms with Crippen molar-refractivity contribution in [3.8, 4) is 0 Å². The molecule has 13 heavy (non-hydrogen) atoms. The fraction of sp³-hybridized carbons (Fsp3) is 0.111. The van der Waals surface area contributed by atoms with Crippen molar-refractivity contribution < 1.29 is 0 Å². The molecular weight excluding hydrogens is 186 g/mol. The number of anilines is 1. The van der Waals surface area contributed by atoms with E-state index in [1.54, 1.807) is 18.3 Å². The van der Waals surface area contributed by atoms with E-state index in [1.165, 1.54) is 0 Å². The van der Waals surface area contributed by atoms with Gasteiger partial charge in [0.05, 0.1) is 21.9 Å². The molecule has 3 nitrogen and oxygen atoms in total. The van der Waals surface area contributed by atoms with E-state index in [9.17, 15) is 0 Å². The Hall–Kier alpha value is -1.35. The second kappa shape index (κ2) is 2.85. The topological polar surface area (TPSA) is 51.8 Å². The smallest absolute Gasteiger partial charge is 0.113 e. The third-order valence-electron chi connectivity index (χ3n) is 1.82. The molecule has 0 aliphatic carbocycles. The monoisotopic (exact) mass is 193 g/mol. The van der Waals surface area contributed by atoms with Crippen LogP contribution >= 0.6 is 11.6 Å². The van der Waals surface area contributed by atoms with Crippen LogP contribution < -0.4 is 5.73 Å². The molecule has 0 atom stereocenters. The quantitative estimate of drug-likeness (QED) is 0.653. The number of hydrogen-bond donors (Lipinski definition) is 1. The number of nitrogens with zero attached hydrogens (tertiary/aromatic N) is 2. The van der Waals surface area contributed by atoms with Gasteiger partial charge < -0.3 is 5.73 Å². The van der Waals surface area contributed by atoms with Gasteiger partial charge >= 0.3 is 0 Å². The molecule has 1 aromatic carbocycles. The number of aromatic nitrogens is 2. The molecule has 0 saturated carbocycles. The first-order valence-electron chi connectivity index (χ1n) is 3.86. The molecule has 0 aliphatic heterocycles. The maximum absolute atomic E-state index is 5.85. The maximum atomic E-state index is 5.85. The molecule has 0 spiro atoms. The standard InChI is InChI=1S/C9H8ClN3/c1-5-4-12-7-3-2-6(10)8(11)9(7)13-5/h2-4H,11H2,1H3. The largest absolute Gasteiger partial charge is 0.396 e. The van der Waals surface area contributed by atoms with Crippen molar-refractivity contribution in [2.75, 3.05) is 5.73 Å². The summed E-state index contributed by atoms with van der Waals surface area (Å²) in [6, 6.07) is 3.53. The first kappa shape index (κ1) is 8.26. The summed E-state index contributed by atoms with van der Waals surface area (Å²) in [5, 5.41) is 0.521. The van der Waals surface area contributed by atoms with Crippen molar-refractivity contribution in [3.63, 3.8) is 0 Å². The van der Waals surface area contributed by atoms with E-state index in [4.69, 9.17) is 17.3 Å². The van der Waals surface area contributed by atoms with E-state index < -0.39 is 0 Å². The van der Waals surface area contributed by atoms with Crippen molar-refractivity contribution in [1.82, 2.24) is 9.97 Å². The molecule has 0 aliphatic rings. The number of rotatable bonds is 0. The molecular formula is C9H8ClN3. The van der Waals surface area contributed by atoms with Gasteiger partial charge in [-0.3, -0.25) is 4.98 Å². The van der Waals surface area contributed by atoms with Gasteiger partial charge in [0.15, 0.2) is 0 Å². The molecule has 0 fully saturated rings. The van der Waals surface area contributed by atoms with Gasteiger partial charge in [-0.1, -0.05) is 11.6 Å². The summed E-state index contributed by atoms with van der Waals surface area (Å²) < 4.78 is 0. The van der Waals surface area contributed by atoms with Crippen LogP contribution in [0.25, 0.3) is 11.0 Å². The Bertz CT molecular complexity index is 462. The van der Waals surface area contributed by atoms with E-state index in [-0.39, 0.29) is 0 Å². The van der Waals surface area contributed by atoms with Crippen molar-refractivity contribution >= 4 is 28.3 Å². The fourth-order valence-electron chi connectivity index (χ4n) is 1.16. The number of nitrogens with two attached hydrogens (primary N) is 1. The van der Waals surface area contributed by atoms with Crippen LogP contribution in [0, 0.1) is 6.92 Å². The molecule has 0 bridgehead atoms. The second-order valence-electron chi connectivity index (χ2n) is 2.84. The minimum Gasteiger partial charge on any atom is -0.396 e. The van der Waals surface area contributed by atoms with E-state index in [0.29, 0.717) is 16.2 Å². The summed E-state index contributed by atoms with van der Waals surface area (Å²) in [6.45, 7) is 1.87. The Kier molecular flexibility index (Phi) is 1.81. The number of hydrogen-bond acceptors (Lipinski definition) is 3. The highest BCUT2D eigenvalue weighted by Crippen LogP contribution is 2.25. The lowest BCUT2D eigenvalue weighted by atomic mass is 10.2. The van der Waals surface area contributed by atoms with Crippen LogP contribution in [-0.4, -0.2) is 9.97 Å². The van der Waals surface area contributed by atoms with Gasteiger partial charge in [-0.2, -0.15) is 0 Å². The van der Waals surface area contributed by atoms with Gasteiger partial charge in [-0.25, -0.2) is 4.98 Å². The average molecular weight is 194 g/mol. The third-order valence-corrected chi connectivity index (χ3v) is 2.15. The number of benzene rings is 1. The van der Waals surface area contributed by atoms with Crippen LogP contribution in [0.4, 0.5) is 5.69 Å². The van der Waals surface area contributed by atoms with Crippen molar-refractivity contribution in [3.05, 3.63) is 29.0 Å². The van der Waals surface area contributed by atoms with Crippen LogP contribution in [0.15, 0.2) is 18.3 Å². The first-order valence-corrected chi connectivity index (χ1v) is 4.23. The van der Waals surface area contributed by atoms with Gasteiger partial charge in [0.2, 0.25) is 0 Å². The lowest BCUT2D eigenvalue weighted by molar-refractivity contribution is 1.19. The minimum atomic E-state index is 0.496. The fourth-order valence-corrected chi connectivity index (χ4v) is 1.31. The van der Waals surface area contributed by atoms with Gasteiger partial charge in [0.1, 0.15) is 5.52 Å². The molecule has 0 saturated heterocycles. The zero-order chi connectivity index (χ0) is 9.42. The van der Waals surface area contributed by atoms with Crippen LogP contribution in [-0.2, 0) is 0 Å². The molecule has 0 unspecified atom stereocenters. The van der Waals surface area contributed by atoms with Gasteiger partial charge in [0, 0.05) is 6.20 Å². The summed E-state index contributed by atoms with van der Waals surface area (Å²) in [6.07, 6.45) is 1.70. The number of nitrogen functional groups attached to an aromatic ring is 1. The SMILES string of the molecule is Cc1cnc2ccc(Cl)c(N)c2n1. The number of fused-ring (bicyclic) bond motifs is 1. The number of aryl methyl sites for hydroxylation is 1. The summed E-state index contributed by atoms with van der Waals surface area (Å²) in [5.41, 5.74) is 8.53. The molecule has 2 N–H and O–H groups in total. The Labute approximate surface area is 80.6 Å². The molecule has 0 radical (unpaired) electrons. The van der Waals surface area contributed by atoms with E-state index in [2.05, 4.69) is 9.97 Å². The highest BCUT2D eigenvalue weighted by atomic mass is 35.5. The van der Waals surface area contributed by atoms with E-state index in [0.717, 1.165) is 11.2 Å². The highest BCUT2D eigenvalue weighted by molar-refractivity contribution is 6.34. The average Bonchev–Trinajstić information content (AvgIpc) is 2.12. The summed E-state index contributed by atoms with van der Waals surface area (Å²) in [5.74, 6) is 0. The second-order valence-corrected chi connectivity index (χ2v) is 3.25. The minimum absolute atomic E-state index is 0.496. The molecule has 66 valence electrons. The molecule has 1 aromatic heterocycles. The Morgan fingerprint density at radius 3 is 2.92 bits per heavy atom. The zero-order valence-electron chi connectivity index (χ0n) is 7.08. The summed E-state index contributed by atoms with van der Waals surface area (Å²) in [4.78, 5) is 8.45. The van der Waals surface area contributed by atoms with Crippen LogP contribution in [0.5, 0.6) is 0 Å².